The number of carbonyl (C=O) groups excluding carboxylic acids is 1. The largest absolute Gasteiger partial charge is 0.482 e. The fourth-order valence-electron chi connectivity index (χ4n) is 6.51. The molecule has 0 atom stereocenters. The molecule has 2 aromatic rings. The smallest absolute Gasteiger partial charge is 0.222 e. The number of carbonyl (C=O) groups is 1. The summed E-state index contributed by atoms with van der Waals surface area (Å²) < 4.78 is 8.94. The maximum absolute atomic E-state index is 12.9. The summed E-state index contributed by atoms with van der Waals surface area (Å²) in [5.41, 5.74) is 3.21. The molecule has 2 saturated heterocycles. The Hall–Kier alpha value is -2.34. The Morgan fingerprint density at radius 2 is 1.76 bits per heavy atom. The Morgan fingerprint density at radius 3 is 2.55 bits per heavy atom. The van der Waals surface area contributed by atoms with E-state index in [1.54, 1.807) is 0 Å². The van der Waals surface area contributed by atoms with Crippen molar-refractivity contribution >= 4 is 5.91 Å². The van der Waals surface area contributed by atoms with Gasteiger partial charge in [0, 0.05) is 50.0 Å². The third-order valence-electron chi connectivity index (χ3n) is 8.47. The van der Waals surface area contributed by atoms with E-state index in [2.05, 4.69) is 38.7 Å². The third-order valence-corrected chi connectivity index (χ3v) is 8.47. The first-order valence-electron chi connectivity index (χ1n) is 13.1. The van der Waals surface area contributed by atoms with Crippen LogP contribution >= 0.6 is 0 Å². The van der Waals surface area contributed by atoms with Crippen LogP contribution in [0.25, 0.3) is 11.3 Å². The monoisotopic (exact) mass is 448 g/mol. The van der Waals surface area contributed by atoms with Gasteiger partial charge in [-0.3, -0.25) is 9.48 Å². The molecule has 6 nitrogen and oxygen atoms in total. The summed E-state index contributed by atoms with van der Waals surface area (Å²) in [6, 6.07) is 8.40. The molecule has 1 saturated carbocycles. The second kappa shape index (κ2) is 8.79. The number of fused-ring (bicyclic) bond motifs is 4. The average molecular weight is 449 g/mol. The van der Waals surface area contributed by atoms with Crippen LogP contribution in [0.1, 0.15) is 63.4 Å². The van der Waals surface area contributed by atoms with Gasteiger partial charge in [0.2, 0.25) is 5.91 Å². The van der Waals surface area contributed by atoms with Gasteiger partial charge in [0.05, 0.1) is 18.4 Å². The lowest BCUT2D eigenvalue weighted by Gasteiger charge is -2.44. The van der Waals surface area contributed by atoms with Gasteiger partial charge in [0.25, 0.3) is 0 Å². The maximum Gasteiger partial charge on any atom is 0.222 e. The van der Waals surface area contributed by atoms with E-state index in [1.807, 2.05) is 6.20 Å². The fourth-order valence-corrected chi connectivity index (χ4v) is 6.51. The molecule has 1 spiro atoms. The molecule has 6 rings (SSSR count). The molecule has 3 aliphatic heterocycles. The van der Waals surface area contributed by atoms with Gasteiger partial charge >= 0.3 is 0 Å². The Morgan fingerprint density at radius 1 is 1.00 bits per heavy atom. The van der Waals surface area contributed by atoms with Gasteiger partial charge in [-0.05, 0) is 56.8 Å². The van der Waals surface area contributed by atoms with Gasteiger partial charge in [0.1, 0.15) is 11.4 Å². The van der Waals surface area contributed by atoms with Crippen LogP contribution in [0.15, 0.2) is 30.5 Å². The highest BCUT2D eigenvalue weighted by Gasteiger charge is 2.46. The zero-order valence-corrected chi connectivity index (χ0v) is 19.7. The van der Waals surface area contributed by atoms with Crippen LogP contribution < -0.4 is 4.74 Å². The predicted molar refractivity (Wildman–Crippen MR) is 128 cm³/mol. The van der Waals surface area contributed by atoms with Crippen LogP contribution in [0, 0.1) is 5.92 Å². The van der Waals surface area contributed by atoms with E-state index in [0.29, 0.717) is 11.8 Å². The first-order chi connectivity index (χ1) is 16.2. The fraction of sp³-hybridized carbons (Fsp3) is 0.630. The van der Waals surface area contributed by atoms with E-state index in [-0.39, 0.29) is 5.60 Å². The normalized spacial score (nSPS) is 22.4. The number of hydrogen-bond donors (Lipinski definition) is 0. The molecule has 0 radical (unpaired) electrons. The van der Waals surface area contributed by atoms with E-state index >= 15 is 0 Å². The van der Waals surface area contributed by atoms with E-state index < -0.39 is 0 Å². The molecule has 1 amide bonds. The molecule has 3 fully saturated rings. The minimum Gasteiger partial charge on any atom is -0.482 e. The summed E-state index contributed by atoms with van der Waals surface area (Å²) in [5, 5.41) is 4.86. The molecular formula is C27H36N4O2. The summed E-state index contributed by atoms with van der Waals surface area (Å²) >= 11 is 0. The number of aromatic nitrogens is 2. The molecule has 33 heavy (non-hydrogen) atoms. The summed E-state index contributed by atoms with van der Waals surface area (Å²) in [5.74, 6) is 1.90. The number of para-hydroxylation sites is 1. The Labute approximate surface area is 196 Å². The van der Waals surface area contributed by atoms with Gasteiger partial charge in [-0.15, -0.1) is 0 Å². The highest BCUT2D eigenvalue weighted by atomic mass is 16.5. The zero-order chi connectivity index (χ0) is 22.3. The van der Waals surface area contributed by atoms with Crippen molar-refractivity contribution in [2.24, 2.45) is 5.92 Å². The lowest BCUT2D eigenvalue weighted by molar-refractivity contribution is -0.136. The summed E-state index contributed by atoms with van der Waals surface area (Å²) in [7, 11) is 0. The van der Waals surface area contributed by atoms with Gasteiger partial charge in [-0.1, -0.05) is 25.0 Å². The van der Waals surface area contributed by atoms with Gasteiger partial charge in [-0.2, -0.15) is 5.10 Å². The number of hydrogen-bond acceptors (Lipinski definition) is 4. The molecule has 1 aliphatic carbocycles. The molecule has 0 N–H and O–H groups in total. The quantitative estimate of drug-likeness (QED) is 0.679. The van der Waals surface area contributed by atoms with Crippen molar-refractivity contribution in [1.29, 1.82) is 0 Å². The van der Waals surface area contributed by atoms with Crippen molar-refractivity contribution in [1.82, 2.24) is 19.6 Å². The molecule has 4 heterocycles. The molecule has 0 unspecified atom stereocenters. The summed E-state index contributed by atoms with van der Waals surface area (Å²) in [6.45, 7) is 5.91. The minimum absolute atomic E-state index is 0.342. The lowest BCUT2D eigenvalue weighted by Crippen LogP contribution is -2.49. The van der Waals surface area contributed by atoms with Gasteiger partial charge in [-0.25, -0.2) is 0 Å². The topological polar surface area (TPSA) is 50.6 Å². The number of piperidine rings is 1. The Bertz CT molecular complexity index is 995. The van der Waals surface area contributed by atoms with Crippen molar-refractivity contribution in [3.8, 4) is 17.0 Å². The first kappa shape index (κ1) is 21.2. The third kappa shape index (κ3) is 3.96. The first-order valence-corrected chi connectivity index (χ1v) is 13.1. The minimum atomic E-state index is -0.375. The Kier molecular flexibility index (Phi) is 5.65. The second-order valence-corrected chi connectivity index (χ2v) is 10.5. The number of ether oxygens (including phenoxy) is 1. The van der Waals surface area contributed by atoms with Crippen LogP contribution in [0.2, 0.25) is 0 Å². The van der Waals surface area contributed by atoms with E-state index in [0.717, 1.165) is 56.8 Å². The van der Waals surface area contributed by atoms with Crippen molar-refractivity contribution in [3.63, 3.8) is 0 Å². The SMILES string of the molecule is O=C(CC1CCCC1)N1CCC2(CC1)Oc1ccccc1-c1c2cnn1CCN1CCCC1. The van der Waals surface area contributed by atoms with Crippen molar-refractivity contribution in [2.45, 2.75) is 69.9 Å². The van der Waals surface area contributed by atoms with Crippen molar-refractivity contribution in [2.75, 3.05) is 32.7 Å². The molecule has 0 bridgehead atoms. The number of likely N-dealkylation sites (tertiary alicyclic amines) is 2. The van der Waals surface area contributed by atoms with Gasteiger partial charge in [0.15, 0.2) is 0 Å². The van der Waals surface area contributed by atoms with E-state index in [9.17, 15) is 4.79 Å². The van der Waals surface area contributed by atoms with Crippen LogP contribution in [0.5, 0.6) is 5.75 Å². The number of rotatable bonds is 5. The highest BCUT2D eigenvalue weighted by molar-refractivity contribution is 5.77. The molecule has 4 aliphatic rings. The summed E-state index contributed by atoms with van der Waals surface area (Å²) in [4.78, 5) is 17.6. The maximum atomic E-state index is 12.9. The standard InChI is InChI=1S/C27H36N4O2/c32-25(19-21-7-1-2-8-21)30-15-11-27(12-16-30)23-20-28-31(18-17-29-13-5-6-14-29)26(23)22-9-3-4-10-24(22)33-27/h3-4,9-10,20-21H,1-2,5-8,11-19H2. The van der Waals surface area contributed by atoms with Crippen LogP contribution in [-0.2, 0) is 16.9 Å². The molecular weight excluding hydrogens is 412 g/mol. The molecule has 1 aromatic carbocycles. The van der Waals surface area contributed by atoms with Crippen molar-refractivity contribution in [3.05, 3.63) is 36.0 Å². The van der Waals surface area contributed by atoms with Crippen LogP contribution in [0.4, 0.5) is 0 Å². The zero-order valence-electron chi connectivity index (χ0n) is 19.7. The number of amides is 1. The number of nitrogens with zero attached hydrogens (tertiary/aromatic N) is 4. The Balaban J connectivity index is 1.22. The number of benzene rings is 1. The van der Waals surface area contributed by atoms with Gasteiger partial charge < -0.3 is 14.5 Å². The summed E-state index contributed by atoms with van der Waals surface area (Å²) in [6.07, 6.45) is 12.1. The van der Waals surface area contributed by atoms with E-state index in [4.69, 9.17) is 9.84 Å². The predicted octanol–water partition coefficient (Wildman–Crippen LogP) is 4.44. The second-order valence-electron chi connectivity index (χ2n) is 10.5. The van der Waals surface area contributed by atoms with Crippen molar-refractivity contribution < 1.29 is 9.53 Å². The molecule has 176 valence electrons. The van der Waals surface area contributed by atoms with E-state index in [1.165, 1.54) is 62.9 Å². The van der Waals surface area contributed by atoms with Crippen LogP contribution in [0.3, 0.4) is 0 Å². The highest BCUT2D eigenvalue weighted by Crippen LogP contribution is 2.49. The lowest BCUT2D eigenvalue weighted by atomic mass is 9.81. The van der Waals surface area contributed by atoms with Crippen LogP contribution in [-0.4, -0.2) is 58.2 Å². The molecule has 1 aromatic heterocycles. The average Bonchev–Trinajstić information content (AvgIpc) is 3.61. The molecule has 6 heteroatoms.